The number of carbonyl (C=O) groups excluding carboxylic acids is 1. The molecule has 3 N–H and O–H groups in total. The van der Waals surface area contributed by atoms with Gasteiger partial charge in [0.25, 0.3) is 0 Å². The van der Waals surface area contributed by atoms with Gasteiger partial charge in [-0.05, 0) is 48.9 Å². The number of nitrogens with one attached hydrogen (secondary N) is 3. The van der Waals surface area contributed by atoms with Gasteiger partial charge in [0, 0.05) is 25.4 Å². The number of anilines is 3. The molecule has 1 aliphatic rings. The predicted molar refractivity (Wildman–Crippen MR) is 104 cm³/mol. The molecule has 0 saturated carbocycles. The molecule has 0 atom stereocenters. The van der Waals surface area contributed by atoms with Gasteiger partial charge in [-0.2, -0.15) is 0 Å². The van der Waals surface area contributed by atoms with E-state index in [0.29, 0.717) is 12.4 Å². The van der Waals surface area contributed by atoms with Gasteiger partial charge in [0.2, 0.25) is 0 Å². The second-order valence-electron chi connectivity index (χ2n) is 6.70. The fourth-order valence-corrected chi connectivity index (χ4v) is 3.12. The Balaban J connectivity index is 1.49. The van der Waals surface area contributed by atoms with Crippen LogP contribution in [0.25, 0.3) is 0 Å². The summed E-state index contributed by atoms with van der Waals surface area (Å²) in [5, 5.41) is 9.04. The van der Waals surface area contributed by atoms with Gasteiger partial charge in [0.15, 0.2) is 0 Å². The minimum atomic E-state index is -0.222. The lowest BCUT2D eigenvalue weighted by Crippen LogP contribution is -2.42. The lowest BCUT2D eigenvalue weighted by molar-refractivity contribution is 0.0143. The summed E-state index contributed by atoms with van der Waals surface area (Å²) in [6.45, 7) is 4.38. The number of benzene rings is 1. The first-order valence-corrected chi connectivity index (χ1v) is 9.10. The van der Waals surface area contributed by atoms with Gasteiger partial charge in [0.05, 0.1) is 11.9 Å². The Kier molecular flexibility index (Phi) is 6.07. The minimum Gasteiger partial charge on any atom is -0.381 e. The average molecular weight is 354 g/mol. The Hall–Kier alpha value is -2.60. The van der Waals surface area contributed by atoms with Crippen molar-refractivity contribution in [1.82, 2.24) is 10.3 Å². The maximum atomic E-state index is 12.2. The third kappa shape index (κ3) is 4.95. The number of ether oxygens (including phenoxy) is 1. The van der Waals surface area contributed by atoms with Gasteiger partial charge >= 0.3 is 6.03 Å². The molecule has 1 aromatic carbocycles. The number of hydrogen-bond donors (Lipinski definition) is 3. The highest BCUT2D eigenvalue weighted by Gasteiger charge is 2.31. The molecule has 3 rings (SSSR count). The van der Waals surface area contributed by atoms with Crippen LogP contribution < -0.4 is 16.0 Å². The summed E-state index contributed by atoms with van der Waals surface area (Å²) in [6, 6.07) is 13.3. The average Bonchev–Trinajstić information content (AvgIpc) is 2.69. The second kappa shape index (κ2) is 8.67. The molecule has 0 spiro atoms. The molecule has 138 valence electrons. The van der Waals surface area contributed by atoms with Crippen LogP contribution in [-0.2, 0) is 4.74 Å². The van der Waals surface area contributed by atoms with Crippen LogP contribution >= 0.6 is 0 Å². The number of nitrogens with zero attached hydrogens (tertiary/aromatic N) is 1. The highest BCUT2D eigenvalue weighted by molar-refractivity contribution is 5.88. The molecule has 1 aromatic heterocycles. The first-order chi connectivity index (χ1) is 12.7. The molecule has 1 aliphatic heterocycles. The molecule has 0 aliphatic carbocycles. The molecule has 0 unspecified atom stereocenters. The van der Waals surface area contributed by atoms with Gasteiger partial charge in [-0.25, -0.2) is 9.78 Å². The standard InChI is InChI=1S/C20H26N4O2/c1-2-20(10-12-26-13-11-20)15-22-19(25)24-18-9-8-17(14-21-18)23-16-6-4-3-5-7-16/h3-9,14,23H,2,10-13,15H2,1H3,(H2,21,22,24,25). The summed E-state index contributed by atoms with van der Waals surface area (Å²) in [4.78, 5) is 16.5. The van der Waals surface area contributed by atoms with Gasteiger partial charge in [-0.1, -0.05) is 25.1 Å². The maximum Gasteiger partial charge on any atom is 0.320 e. The molecule has 1 saturated heterocycles. The van der Waals surface area contributed by atoms with E-state index >= 15 is 0 Å². The number of pyridine rings is 1. The molecule has 1 fully saturated rings. The first kappa shape index (κ1) is 18.2. The largest absolute Gasteiger partial charge is 0.381 e. The Morgan fingerprint density at radius 2 is 1.88 bits per heavy atom. The first-order valence-electron chi connectivity index (χ1n) is 9.10. The number of amides is 2. The fraction of sp³-hybridized carbons (Fsp3) is 0.400. The Bertz CT molecular complexity index is 698. The van der Waals surface area contributed by atoms with Crippen LogP contribution in [0.15, 0.2) is 48.7 Å². The van der Waals surface area contributed by atoms with Crippen LogP contribution in [0.3, 0.4) is 0 Å². The van der Waals surface area contributed by atoms with E-state index in [2.05, 4.69) is 27.9 Å². The zero-order valence-corrected chi connectivity index (χ0v) is 15.1. The smallest absolute Gasteiger partial charge is 0.320 e. The predicted octanol–water partition coefficient (Wildman–Crippen LogP) is 4.15. The van der Waals surface area contributed by atoms with E-state index in [1.807, 2.05) is 36.4 Å². The molecular weight excluding hydrogens is 328 g/mol. The number of carbonyl (C=O) groups is 1. The van der Waals surface area contributed by atoms with Crippen LogP contribution in [0.1, 0.15) is 26.2 Å². The van der Waals surface area contributed by atoms with Crippen molar-refractivity contribution in [1.29, 1.82) is 0 Å². The third-order valence-corrected chi connectivity index (χ3v) is 4.99. The number of rotatable bonds is 6. The van der Waals surface area contributed by atoms with E-state index in [1.54, 1.807) is 12.3 Å². The van der Waals surface area contributed by atoms with Crippen LogP contribution in [-0.4, -0.2) is 30.8 Å². The molecule has 2 amide bonds. The zero-order chi connectivity index (χ0) is 18.2. The van der Waals surface area contributed by atoms with Crippen LogP contribution in [0, 0.1) is 5.41 Å². The topological polar surface area (TPSA) is 75.3 Å². The number of aromatic nitrogens is 1. The highest BCUT2D eigenvalue weighted by Crippen LogP contribution is 2.33. The van der Waals surface area contributed by atoms with Crippen molar-refractivity contribution >= 4 is 23.2 Å². The molecule has 6 nitrogen and oxygen atoms in total. The quantitative estimate of drug-likeness (QED) is 0.728. The SMILES string of the molecule is CCC1(CNC(=O)Nc2ccc(Nc3ccccc3)cn2)CCOCC1. The zero-order valence-electron chi connectivity index (χ0n) is 15.1. The Labute approximate surface area is 154 Å². The van der Waals surface area contributed by atoms with E-state index < -0.39 is 0 Å². The number of hydrogen-bond acceptors (Lipinski definition) is 4. The van der Waals surface area contributed by atoms with Crippen molar-refractivity contribution < 1.29 is 9.53 Å². The lowest BCUT2D eigenvalue weighted by Gasteiger charge is -2.36. The normalized spacial score (nSPS) is 15.9. The van der Waals surface area contributed by atoms with Crippen molar-refractivity contribution in [3.8, 4) is 0 Å². The van der Waals surface area contributed by atoms with E-state index in [9.17, 15) is 4.79 Å². The molecule has 2 heterocycles. The highest BCUT2D eigenvalue weighted by atomic mass is 16.5. The van der Waals surface area contributed by atoms with Gasteiger partial charge in [-0.3, -0.25) is 5.32 Å². The lowest BCUT2D eigenvalue weighted by atomic mass is 9.78. The number of urea groups is 1. The summed E-state index contributed by atoms with van der Waals surface area (Å²) >= 11 is 0. The Morgan fingerprint density at radius 3 is 2.54 bits per heavy atom. The molecular formula is C20H26N4O2. The van der Waals surface area contributed by atoms with Gasteiger partial charge in [0.1, 0.15) is 5.82 Å². The van der Waals surface area contributed by atoms with E-state index in [0.717, 1.165) is 43.9 Å². The van der Waals surface area contributed by atoms with Crippen LogP contribution in [0.2, 0.25) is 0 Å². The van der Waals surface area contributed by atoms with Crippen molar-refractivity contribution in [3.05, 3.63) is 48.7 Å². The van der Waals surface area contributed by atoms with Crippen LogP contribution in [0.4, 0.5) is 22.0 Å². The summed E-state index contributed by atoms with van der Waals surface area (Å²) in [5.41, 5.74) is 2.01. The fourth-order valence-electron chi connectivity index (χ4n) is 3.12. The molecule has 6 heteroatoms. The van der Waals surface area contributed by atoms with E-state index in [4.69, 9.17) is 4.74 Å². The van der Waals surface area contributed by atoms with Crippen molar-refractivity contribution in [2.24, 2.45) is 5.41 Å². The van der Waals surface area contributed by atoms with Crippen LogP contribution in [0.5, 0.6) is 0 Å². The minimum absolute atomic E-state index is 0.145. The molecule has 0 bridgehead atoms. The summed E-state index contributed by atoms with van der Waals surface area (Å²) < 4.78 is 5.44. The summed E-state index contributed by atoms with van der Waals surface area (Å²) in [6.07, 6.45) is 4.72. The monoisotopic (exact) mass is 354 g/mol. The molecule has 0 radical (unpaired) electrons. The van der Waals surface area contributed by atoms with Crippen molar-refractivity contribution in [2.45, 2.75) is 26.2 Å². The Morgan fingerprint density at radius 1 is 1.12 bits per heavy atom. The summed E-state index contributed by atoms with van der Waals surface area (Å²) in [7, 11) is 0. The van der Waals surface area contributed by atoms with E-state index in [1.165, 1.54) is 0 Å². The number of para-hydroxylation sites is 1. The van der Waals surface area contributed by atoms with E-state index in [-0.39, 0.29) is 11.4 Å². The maximum absolute atomic E-state index is 12.2. The van der Waals surface area contributed by atoms with Gasteiger partial charge in [-0.15, -0.1) is 0 Å². The molecule has 26 heavy (non-hydrogen) atoms. The van der Waals surface area contributed by atoms with Gasteiger partial charge < -0.3 is 15.4 Å². The molecule has 2 aromatic rings. The summed E-state index contributed by atoms with van der Waals surface area (Å²) in [5.74, 6) is 0.527. The van der Waals surface area contributed by atoms with Crippen molar-refractivity contribution in [2.75, 3.05) is 30.4 Å². The second-order valence-corrected chi connectivity index (χ2v) is 6.70. The third-order valence-electron chi connectivity index (χ3n) is 4.99. The van der Waals surface area contributed by atoms with Crippen molar-refractivity contribution in [3.63, 3.8) is 0 Å².